The molecule has 0 spiro atoms. The maximum Gasteiger partial charge on any atom is 0.150 e. The predicted molar refractivity (Wildman–Crippen MR) is 74.3 cm³/mol. The molecular weight excluding hydrogens is 240 g/mol. The van der Waals surface area contributed by atoms with E-state index < -0.39 is 0 Å². The van der Waals surface area contributed by atoms with Gasteiger partial charge in [0.1, 0.15) is 11.6 Å². The smallest absolute Gasteiger partial charge is 0.150 e. The van der Waals surface area contributed by atoms with Gasteiger partial charge in [-0.25, -0.2) is 9.97 Å². The van der Waals surface area contributed by atoms with E-state index in [1.807, 2.05) is 33.3 Å². The molecule has 6 heteroatoms. The Morgan fingerprint density at radius 1 is 1.16 bits per heavy atom. The molecule has 0 saturated carbocycles. The van der Waals surface area contributed by atoms with Crippen LogP contribution in [-0.4, -0.2) is 24.3 Å². The predicted octanol–water partition coefficient (Wildman–Crippen LogP) is 1.66. The largest absolute Gasteiger partial charge is 0.383 e. The standard InChI is InChI=1S/C13H16N6/c1-7-8(2)19(10-5-15-18(4)6-10)13-11(7)12(14)16-9(3)17-13/h5-6H,1-4H3,(H2,14,16,17). The number of aryl methyl sites for hydroxylation is 3. The van der Waals surface area contributed by atoms with E-state index >= 15 is 0 Å². The topological polar surface area (TPSA) is 74.5 Å². The first kappa shape index (κ1) is 11.7. The van der Waals surface area contributed by atoms with Crippen LogP contribution < -0.4 is 5.73 Å². The van der Waals surface area contributed by atoms with Crippen LogP contribution in [-0.2, 0) is 7.05 Å². The lowest BCUT2D eigenvalue weighted by molar-refractivity contribution is 0.767. The second-order valence-corrected chi connectivity index (χ2v) is 4.77. The lowest BCUT2D eigenvalue weighted by atomic mass is 10.2. The second-order valence-electron chi connectivity index (χ2n) is 4.77. The lowest BCUT2D eigenvalue weighted by Crippen LogP contribution is -2.00. The van der Waals surface area contributed by atoms with Gasteiger partial charge in [-0.3, -0.25) is 9.25 Å². The van der Waals surface area contributed by atoms with Crippen LogP contribution in [0.15, 0.2) is 12.4 Å². The third-order valence-electron chi connectivity index (χ3n) is 3.44. The van der Waals surface area contributed by atoms with Crippen LogP contribution in [0.4, 0.5) is 5.82 Å². The van der Waals surface area contributed by atoms with E-state index in [2.05, 4.69) is 26.6 Å². The summed E-state index contributed by atoms with van der Waals surface area (Å²) in [5, 5.41) is 5.14. The first-order valence-electron chi connectivity index (χ1n) is 6.09. The van der Waals surface area contributed by atoms with E-state index in [9.17, 15) is 0 Å². The summed E-state index contributed by atoms with van der Waals surface area (Å²) in [4.78, 5) is 8.79. The zero-order valence-corrected chi connectivity index (χ0v) is 11.5. The number of rotatable bonds is 1. The fraction of sp³-hybridized carbons (Fsp3) is 0.308. The van der Waals surface area contributed by atoms with Crippen molar-refractivity contribution in [3.63, 3.8) is 0 Å². The molecule has 0 bridgehead atoms. The van der Waals surface area contributed by atoms with Crippen molar-refractivity contribution in [3.05, 3.63) is 29.5 Å². The molecule has 0 aliphatic heterocycles. The zero-order valence-electron chi connectivity index (χ0n) is 11.5. The van der Waals surface area contributed by atoms with Crippen molar-refractivity contribution < 1.29 is 0 Å². The Bertz CT molecular complexity index is 780. The van der Waals surface area contributed by atoms with Crippen molar-refractivity contribution in [2.45, 2.75) is 20.8 Å². The third kappa shape index (κ3) is 1.60. The van der Waals surface area contributed by atoms with Gasteiger partial charge in [0, 0.05) is 18.9 Å². The lowest BCUT2D eigenvalue weighted by Gasteiger charge is -2.04. The number of nitrogens with two attached hydrogens (primary N) is 1. The molecule has 0 amide bonds. The number of nitrogen functional groups attached to an aromatic ring is 1. The van der Waals surface area contributed by atoms with Crippen LogP contribution in [0.3, 0.4) is 0 Å². The zero-order chi connectivity index (χ0) is 13.7. The van der Waals surface area contributed by atoms with E-state index in [4.69, 9.17) is 5.73 Å². The maximum absolute atomic E-state index is 6.04. The molecule has 98 valence electrons. The van der Waals surface area contributed by atoms with Crippen molar-refractivity contribution in [2.24, 2.45) is 7.05 Å². The highest BCUT2D eigenvalue weighted by atomic mass is 15.3. The summed E-state index contributed by atoms with van der Waals surface area (Å²) in [5.74, 6) is 1.21. The molecule has 0 aliphatic rings. The van der Waals surface area contributed by atoms with Crippen LogP contribution in [0.25, 0.3) is 16.7 Å². The van der Waals surface area contributed by atoms with E-state index in [-0.39, 0.29) is 0 Å². The van der Waals surface area contributed by atoms with Crippen molar-refractivity contribution in [2.75, 3.05) is 5.73 Å². The van der Waals surface area contributed by atoms with Gasteiger partial charge in [-0.05, 0) is 26.3 Å². The van der Waals surface area contributed by atoms with Gasteiger partial charge in [-0.15, -0.1) is 0 Å². The summed E-state index contributed by atoms with van der Waals surface area (Å²) in [6, 6.07) is 0. The van der Waals surface area contributed by atoms with Crippen LogP contribution in [0, 0.1) is 20.8 Å². The minimum Gasteiger partial charge on any atom is -0.383 e. The fourth-order valence-electron chi connectivity index (χ4n) is 2.45. The molecule has 2 N–H and O–H groups in total. The molecule has 3 heterocycles. The van der Waals surface area contributed by atoms with Crippen molar-refractivity contribution in [1.29, 1.82) is 0 Å². The van der Waals surface area contributed by atoms with Crippen LogP contribution >= 0.6 is 0 Å². The van der Waals surface area contributed by atoms with Crippen molar-refractivity contribution in [3.8, 4) is 5.69 Å². The highest BCUT2D eigenvalue weighted by Gasteiger charge is 2.17. The third-order valence-corrected chi connectivity index (χ3v) is 3.44. The van der Waals surface area contributed by atoms with Gasteiger partial charge in [-0.2, -0.15) is 5.10 Å². The number of hydrogen-bond acceptors (Lipinski definition) is 4. The van der Waals surface area contributed by atoms with Crippen LogP contribution in [0.2, 0.25) is 0 Å². The van der Waals surface area contributed by atoms with Gasteiger partial charge in [0.15, 0.2) is 5.65 Å². The van der Waals surface area contributed by atoms with E-state index in [1.165, 1.54) is 0 Å². The molecule has 0 radical (unpaired) electrons. The Kier molecular flexibility index (Phi) is 2.35. The molecular formula is C13H16N6. The summed E-state index contributed by atoms with van der Waals surface area (Å²) in [7, 11) is 1.89. The Hall–Kier alpha value is -2.37. The average Bonchev–Trinajstić information content (AvgIpc) is 2.83. The second kappa shape index (κ2) is 3.81. The normalized spacial score (nSPS) is 11.4. The van der Waals surface area contributed by atoms with Gasteiger partial charge in [-0.1, -0.05) is 0 Å². The minimum absolute atomic E-state index is 0.533. The average molecular weight is 256 g/mol. The molecule has 0 aliphatic carbocycles. The molecule has 0 aromatic carbocycles. The molecule has 0 fully saturated rings. The fourth-order valence-corrected chi connectivity index (χ4v) is 2.45. The highest BCUT2D eigenvalue weighted by molar-refractivity contribution is 5.92. The monoisotopic (exact) mass is 256 g/mol. The maximum atomic E-state index is 6.04. The summed E-state index contributed by atoms with van der Waals surface area (Å²) >= 11 is 0. The number of aromatic nitrogens is 5. The highest BCUT2D eigenvalue weighted by Crippen LogP contribution is 2.30. The summed E-state index contributed by atoms with van der Waals surface area (Å²) in [5.41, 5.74) is 10.1. The summed E-state index contributed by atoms with van der Waals surface area (Å²) in [6.45, 7) is 5.94. The number of hydrogen-bond donors (Lipinski definition) is 1. The summed E-state index contributed by atoms with van der Waals surface area (Å²) in [6.07, 6.45) is 3.78. The Balaban J connectivity index is 2.45. The molecule has 6 nitrogen and oxygen atoms in total. The molecule has 19 heavy (non-hydrogen) atoms. The van der Waals surface area contributed by atoms with Gasteiger partial charge in [0.25, 0.3) is 0 Å². The van der Waals surface area contributed by atoms with Crippen molar-refractivity contribution in [1.82, 2.24) is 24.3 Å². The molecule has 3 aromatic heterocycles. The quantitative estimate of drug-likeness (QED) is 0.718. The van der Waals surface area contributed by atoms with Crippen LogP contribution in [0.5, 0.6) is 0 Å². The van der Waals surface area contributed by atoms with Gasteiger partial charge in [0.2, 0.25) is 0 Å². The number of anilines is 1. The van der Waals surface area contributed by atoms with Gasteiger partial charge in [0.05, 0.1) is 17.3 Å². The van der Waals surface area contributed by atoms with Gasteiger partial charge < -0.3 is 5.73 Å². The molecule has 0 atom stereocenters. The summed E-state index contributed by atoms with van der Waals surface area (Å²) < 4.78 is 3.84. The Labute approximate surface area is 110 Å². The van der Waals surface area contributed by atoms with Gasteiger partial charge >= 0.3 is 0 Å². The molecule has 3 aromatic rings. The number of nitrogens with zero attached hydrogens (tertiary/aromatic N) is 5. The molecule has 0 unspecified atom stereocenters. The molecule has 0 saturated heterocycles. The first-order chi connectivity index (χ1) is 8.99. The van der Waals surface area contributed by atoms with E-state index in [0.717, 1.165) is 28.0 Å². The molecule has 3 rings (SSSR count). The number of fused-ring (bicyclic) bond motifs is 1. The Morgan fingerprint density at radius 2 is 1.89 bits per heavy atom. The van der Waals surface area contributed by atoms with E-state index in [1.54, 1.807) is 4.68 Å². The van der Waals surface area contributed by atoms with Crippen LogP contribution in [0.1, 0.15) is 17.1 Å². The first-order valence-corrected chi connectivity index (χ1v) is 6.09. The van der Waals surface area contributed by atoms with E-state index in [0.29, 0.717) is 11.6 Å². The Morgan fingerprint density at radius 3 is 2.53 bits per heavy atom. The minimum atomic E-state index is 0.533. The van der Waals surface area contributed by atoms with Crippen molar-refractivity contribution >= 4 is 16.9 Å². The SMILES string of the molecule is Cc1nc(N)c2c(C)c(C)n(-c3cnn(C)c3)c2n1.